The van der Waals surface area contributed by atoms with E-state index in [1.165, 1.54) is 24.2 Å². The van der Waals surface area contributed by atoms with Crippen molar-refractivity contribution >= 4 is 50.3 Å². The first-order valence-corrected chi connectivity index (χ1v) is 17.4. The lowest BCUT2D eigenvalue weighted by molar-refractivity contribution is -0.123. The molecule has 51 heavy (non-hydrogen) atoms. The number of imidazole rings is 1. The Kier molecular flexibility index (Phi) is 8.56. The molecule has 0 unspecified atom stereocenters. The number of fused-ring (bicyclic) bond motifs is 4. The number of halogens is 3. The normalized spacial score (nSPS) is 18.7. The summed E-state index contributed by atoms with van der Waals surface area (Å²) >= 11 is 0. The van der Waals surface area contributed by atoms with Crippen molar-refractivity contribution in [1.82, 2.24) is 38.4 Å². The number of carbonyl (C=O) groups excluding carboxylic acids is 2. The first kappa shape index (κ1) is 33.8. The van der Waals surface area contributed by atoms with Crippen LogP contribution in [0.4, 0.5) is 23.8 Å². The number of likely N-dealkylation sites (tertiary alicyclic amines) is 1. The number of carbonyl (C=O) groups is 2. The maximum absolute atomic E-state index is 13.6. The molecule has 6 heterocycles. The molecule has 1 fully saturated rings. The van der Waals surface area contributed by atoms with E-state index in [-0.39, 0.29) is 59.4 Å². The molecule has 0 spiro atoms. The fraction of sp³-hybridized carbons (Fsp3) is 0.303. The molecule has 2 aliphatic rings. The molecule has 1 aromatic carbocycles. The third-order valence-electron chi connectivity index (χ3n) is 9.12. The van der Waals surface area contributed by atoms with Crippen molar-refractivity contribution in [3.63, 3.8) is 0 Å². The number of alkyl halides is 3. The number of aromatic nitrogens is 5. The quantitative estimate of drug-likeness (QED) is 0.239. The van der Waals surface area contributed by atoms with Crippen molar-refractivity contribution in [2.75, 3.05) is 32.0 Å². The lowest BCUT2D eigenvalue weighted by Crippen LogP contribution is -2.42. The van der Waals surface area contributed by atoms with Gasteiger partial charge in [0.15, 0.2) is 29.5 Å². The highest BCUT2D eigenvalue weighted by Gasteiger charge is 2.40. The van der Waals surface area contributed by atoms with Gasteiger partial charge in [-0.1, -0.05) is 31.5 Å². The minimum Gasteiger partial charge on any atom is -0.470 e. The molecule has 0 radical (unpaired) electrons. The lowest BCUT2D eigenvalue weighted by Gasteiger charge is -2.30. The second-order valence-electron chi connectivity index (χ2n) is 12.2. The summed E-state index contributed by atoms with van der Waals surface area (Å²) < 4.78 is 76.1. The largest absolute Gasteiger partial charge is 0.470 e. The van der Waals surface area contributed by atoms with Crippen LogP contribution < -0.4 is 10.6 Å². The van der Waals surface area contributed by atoms with Gasteiger partial charge in [-0.05, 0) is 36.2 Å². The number of likely N-dealkylation sites (N-methyl/N-ethyl adjacent to an activating group) is 1. The van der Waals surface area contributed by atoms with Crippen LogP contribution in [0.25, 0.3) is 22.6 Å². The summed E-state index contributed by atoms with van der Waals surface area (Å²) in [6.07, 6.45) is 2.66. The number of nitrogens with one attached hydrogen (secondary N) is 2. The van der Waals surface area contributed by atoms with Crippen LogP contribution in [0.1, 0.15) is 30.5 Å². The van der Waals surface area contributed by atoms with E-state index in [9.17, 15) is 31.2 Å². The second-order valence-corrected chi connectivity index (χ2v) is 14.1. The van der Waals surface area contributed by atoms with Gasteiger partial charge in [0.1, 0.15) is 12.4 Å². The summed E-state index contributed by atoms with van der Waals surface area (Å²) in [5.74, 6) is -0.737. The number of urea groups is 1. The van der Waals surface area contributed by atoms with Gasteiger partial charge in [-0.2, -0.15) is 13.2 Å². The van der Waals surface area contributed by atoms with Crippen LogP contribution >= 0.6 is 0 Å². The van der Waals surface area contributed by atoms with Crippen LogP contribution in [0.15, 0.2) is 83.9 Å². The predicted molar refractivity (Wildman–Crippen MR) is 178 cm³/mol. The molecule has 14 nitrogen and oxygen atoms in total. The van der Waals surface area contributed by atoms with E-state index < -0.39 is 34.7 Å². The van der Waals surface area contributed by atoms with E-state index in [2.05, 4.69) is 20.3 Å². The number of rotatable bonds is 8. The molecule has 2 atom stereocenters. The number of anilines is 1. The standard InChI is InChI=1S/C33H32F3N9O5S/c1-3-20-16-44(32(47)40-18-33(34,35)36)17-22(20)24-14-38-27-15-39-30-23(45(24)27)11-13-43(30)19-50-29-21-8-4-5-9-25(21)51(48,49)42(2)28(29)31(46)41-26-10-6-7-12-37-26/h4-15,20,22H,3,16-19H2,1-2H3,(H,40,47)(H,37,41,46)/t20-,22+/m1/s1. The zero-order chi connectivity index (χ0) is 36.1. The Morgan fingerprint density at radius 3 is 2.55 bits per heavy atom. The second kappa shape index (κ2) is 12.9. The molecule has 0 bridgehead atoms. The van der Waals surface area contributed by atoms with Crippen molar-refractivity contribution in [2.24, 2.45) is 5.92 Å². The number of sulfonamides is 1. The van der Waals surface area contributed by atoms with Gasteiger partial charge in [-0.3, -0.25) is 18.1 Å². The van der Waals surface area contributed by atoms with Crippen LogP contribution in [0.3, 0.4) is 0 Å². The van der Waals surface area contributed by atoms with Crippen LogP contribution in [-0.2, 0) is 26.3 Å². The molecule has 3 amide bonds. The van der Waals surface area contributed by atoms with Gasteiger partial charge in [0.2, 0.25) is 0 Å². The first-order chi connectivity index (χ1) is 24.4. The number of amides is 3. The zero-order valence-corrected chi connectivity index (χ0v) is 28.1. The van der Waals surface area contributed by atoms with E-state index in [4.69, 9.17) is 4.74 Å². The highest BCUT2D eigenvalue weighted by atomic mass is 32.2. The molecule has 266 valence electrons. The number of hydrogen-bond acceptors (Lipinski definition) is 8. The average Bonchev–Trinajstić information content (AvgIpc) is 3.85. The zero-order valence-electron chi connectivity index (χ0n) is 27.3. The van der Waals surface area contributed by atoms with Gasteiger partial charge < -0.3 is 20.3 Å². The molecule has 7 rings (SSSR count). The van der Waals surface area contributed by atoms with Crippen molar-refractivity contribution in [2.45, 2.75) is 37.1 Å². The van der Waals surface area contributed by atoms with E-state index in [0.717, 1.165) is 10.00 Å². The number of hydrogen-bond donors (Lipinski definition) is 2. The number of benzene rings is 1. The first-order valence-electron chi connectivity index (χ1n) is 16.0. The summed E-state index contributed by atoms with van der Waals surface area (Å²) in [7, 11) is -2.82. The average molecular weight is 724 g/mol. The molecule has 0 saturated carbocycles. The topological polar surface area (TPSA) is 156 Å². The molecule has 4 aromatic heterocycles. The van der Waals surface area contributed by atoms with E-state index in [1.54, 1.807) is 59.6 Å². The molecular weight excluding hydrogens is 691 g/mol. The molecule has 5 aromatic rings. The Morgan fingerprint density at radius 2 is 1.80 bits per heavy atom. The SMILES string of the molecule is CC[C@@H]1CN(C(=O)NCC(F)(F)F)C[C@@H]1c1cnc2cnc3c(ccn3COC3=C(C(=O)Nc4ccccn4)N(C)S(=O)(=O)c4ccccc43)n12. The van der Waals surface area contributed by atoms with Crippen LogP contribution in [0, 0.1) is 5.92 Å². The molecule has 1 saturated heterocycles. The Bertz CT molecular complexity index is 2290. The van der Waals surface area contributed by atoms with Crippen molar-refractivity contribution in [3.8, 4) is 0 Å². The minimum absolute atomic E-state index is 0.0275. The molecule has 0 aliphatic carbocycles. The highest BCUT2D eigenvalue weighted by molar-refractivity contribution is 7.89. The Labute approximate surface area is 289 Å². The third-order valence-corrected chi connectivity index (χ3v) is 10.9. The van der Waals surface area contributed by atoms with E-state index >= 15 is 0 Å². The Balaban J connectivity index is 1.22. The predicted octanol–water partition coefficient (Wildman–Crippen LogP) is 4.39. The molecule has 18 heteroatoms. The van der Waals surface area contributed by atoms with Crippen LogP contribution in [0.5, 0.6) is 0 Å². The summed E-state index contributed by atoms with van der Waals surface area (Å²) in [4.78, 5) is 40.9. The Morgan fingerprint density at radius 1 is 1.02 bits per heavy atom. The van der Waals surface area contributed by atoms with Gasteiger partial charge in [-0.25, -0.2) is 28.2 Å². The maximum atomic E-state index is 13.6. The smallest absolute Gasteiger partial charge is 0.405 e. The lowest BCUT2D eigenvalue weighted by atomic mass is 9.91. The molecule has 2 N–H and O–H groups in total. The van der Waals surface area contributed by atoms with Gasteiger partial charge >= 0.3 is 12.2 Å². The van der Waals surface area contributed by atoms with Crippen LogP contribution in [0.2, 0.25) is 0 Å². The highest BCUT2D eigenvalue weighted by Crippen LogP contribution is 2.38. The summed E-state index contributed by atoms with van der Waals surface area (Å²) in [5, 5.41) is 4.61. The number of nitrogens with zero attached hydrogens (tertiary/aromatic N) is 7. The maximum Gasteiger partial charge on any atom is 0.405 e. The van der Waals surface area contributed by atoms with Gasteiger partial charge in [0, 0.05) is 55.9 Å². The molecular formula is C33H32F3N9O5S. The summed E-state index contributed by atoms with van der Waals surface area (Å²) in [6.45, 7) is 0.883. The number of ether oxygens (including phenoxy) is 1. The fourth-order valence-corrected chi connectivity index (χ4v) is 8.01. The van der Waals surface area contributed by atoms with Crippen molar-refractivity contribution in [3.05, 3.63) is 90.3 Å². The van der Waals surface area contributed by atoms with Crippen molar-refractivity contribution < 1.29 is 35.9 Å². The third kappa shape index (κ3) is 6.19. The Hall–Kier alpha value is -5.65. The van der Waals surface area contributed by atoms with Crippen molar-refractivity contribution in [1.29, 1.82) is 0 Å². The van der Waals surface area contributed by atoms with Gasteiger partial charge in [0.25, 0.3) is 15.9 Å². The number of pyridine rings is 1. The molecule has 2 aliphatic heterocycles. The van der Waals surface area contributed by atoms with Crippen LogP contribution in [-0.4, -0.2) is 86.3 Å². The summed E-state index contributed by atoms with van der Waals surface area (Å²) in [5.41, 5.74) is 2.43. The van der Waals surface area contributed by atoms with Gasteiger partial charge in [0.05, 0.1) is 16.6 Å². The van der Waals surface area contributed by atoms with Gasteiger partial charge in [-0.15, -0.1) is 0 Å². The minimum atomic E-state index is -4.52. The van der Waals surface area contributed by atoms with E-state index in [1.807, 2.05) is 22.7 Å². The summed E-state index contributed by atoms with van der Waals surface area (Å²) in [6, 6.07) is 12.2. The monoisotopic (exact) mass is 723 g/mol. The fourth-order valence-electron chi connectivity index (χ4n) is 6.62. The van der Waals surface area contributed by atoms with E-state index in [0.29, 0.717) is 23.2 Å².